The number of hydrogen-bond acceptors (Lipinski definition) is 3. The Hall–Kier alpha value is -2.95. The van der Waals surface area contributed by atoms with Gasteiger partial charge in [-0.25, -0.2) is 9.37 Å². The van der Waals surface area contributed by atoms with Crippen LogP contribution in [0.3, 0.4) is 0 Å². The van der Waals surface area contributed by atoms with E-state index in [1.165, 1.54) is 6.07 Å². The second-order valence-corrected chi connectivity index (χ2v) is 5.52. The Labute approximate surface area is 139 Å². The van der Waals surface area contributed by atoms with Crippen molar-refractivity contribution in [2.24, 2.45) is 0 Å². The van der Waals surface area contributed by atoms with Gasteiger partial charge in [-0.05, 0) is 24.6 Å². The molecule has 3 rings (SSSR count). The summed E-state index contributed by atoms with van der Waals surface area (Å²) < 4.78 is 19.4. The molecule has 5 heteroatoms. The first-order valence-corrected chi connectivity index (χ1v) is 7.68. The zero-order chi connectivity index (χ0) is 16.9. The van der Waals surface area contributed by atoms with Crippen molar-refractivity contribution < 1.29 is 13.6 Å². The van der Waals surface area contributed by atoms with Gasteiger partial charge in [-0.3, -0.25) is 4.79 Å². The molecule has 122 valence electrons. The molecule has 2 aromatic carbocycles. The van der Waals surface area contributed by atoms with Gasteiger partial charge in [0.1, 0.15) is 5.82 Å². The Morgan fingerprint density at radius 1 is 1.21 bits per heavy atom. The minimum Gasteiger partial charge on any atom is -0.441 e. The number of anilines is 1. The zero-order valence-electron chi connectivity index (χ0n) is 13.3. The molecule has 0 atom stereocenters. The highest BCUT2D eigenvalue weighted by atomic mass is 19.1. The maximum Gasteiger partial charge on any atom is 0.224 e. The van der Waals surface area contributed by atoms with E-state index in [0.717, 1.165) is 11.1 Å². The molecular weight excluding hydrogens is 307 g/mol. The number of rotatable bonds is 5. The van der Waals surface area contributed by atoms with E-state index in [9.17, 15) is 9.18 Å². The number of nitrogens with one attached hydrogen (secondary N) is 1. The van der Waals surface area contributed by atoms with Crippen molar-refractivity contribution >= 4 is 11.6 Å². The lowest BCUT2D eigenvalue weighted by molar-refractivity contribution is -0.116. The highest BCUT2D eigenvalue weighted by Crippen LogP contribution is 2.20. The summed E-state index contributed by atoms with van der Waals surface area (Å²) in [4.78, 5) is 16.1. The van der Waals surface area contributed by atoms with Crippen LogP contribution in [-0.4, -0.2) is 10.9 Å². The van der Waals surface area contributed by atoms with Crippen LogP contribution in [0.1, 0.15) is 17.9 Å². The van der Waals surface area contributed by atoms with Crippen LogP contribution in [-0.2, 0) is 11.2 Å². The zero-order valence-corrected chi connectivity index (χ0v) is 13.3. The molecule has 0 aliphatic heterocycles. The molecule has 0 unspecified atom stereocenters. The normalized spacial score (nSPS) is 10.6. The highest BCUT2D eigenvalue weighted by Gasteiger charge is 2.10. The predicted octanol–water partition coefficient (Wildman–Crippen LogP) is 4.36. The van der Waals surface area contributed by atoms with Crippen LogP contribution in [0.5, 0.6) is 0 Å². The third-order valence-electron chi connectivity index (χ3n) is 3.58. The lowest BCUT2D eigenvalue weighted by Gasteiger charge is -2.06. The monoisotopic (exact) mass is 324 g/mol. The van der Waals surface area contributed by atoms with E-state index < -0.39 is 5.82 Å². The summed E-state index contributed by atoms with van der Waals surface area (Å²) >= 11 is 0. The summed E-state index contributed by atoms with van der Waals surface area (Å²) in [5.74, 6) is 0.423. The molecule has 0 bridgehead atoms. The van der Waals surface area contributed by atoms with Crippen LogP contribution in [0, 0.1) is 12.7 Å². The van der Waals surface area contributed by atoms with Crippen LogP contribution >= 0.6 is 0 Å². The molecule has 0 aliphatic carbocycles. The van der Waals surface area contributed by atoms with E-state index >= 15 is 0 Å². The summed E-state index contributed by atoms with van der Waals surface area (Å²) in [6.07, 6.45) is 2.16. The van der Waals surface area contributed by atoms with Crippen molar-refractivity contribution in [1.29, 1.82) is 0 Å². The largest absolute Gasteiger partial charge is 0.441 e. The number of nitrogens with zero attached hydrogens (tertiary/aromatic N) is 1. The average Bonchev–Trinajstić information content (AvgIpc) is 3.05. The standard InChI is InChI=1S/C19H17FN2O2/c1-13-7-8-16(15(20)11-13)22-18(23)9-10-19-21-12-17(24-19)14-5-3-2-4-6-14/h2-8,11-12H,9-10H2,1H3,(H,22,23). The van der Waals surface area contributed by atoms with E-state index in [4.69, 9.17) is 4.42 Å². The van der Waals surface area contributed by atoms with E-state index in [2.05, 4.69) is 10.3 Å². The van der Waals surface area contributed by atoms with Crippen molar-refractivity contribution in [3.05, 3.63) is 72.0 Å². The van der Waals surface area contributed by atoms with Crippen LogP contribution in [0.2, 0.25) is 0 Å². The molecule has 4 nitrogen and oxygen atoms in total. The number of carbonyl (C=O) groups is 1. The molecule has 1 aromatic heterocycles. The Morgan fingerprint density at radius 3 is 2.75 bits per heavy atom. The fraction of sp³-hybridized carbons (Fsp3) is 0.158. The van der Waals surface area contributed by atoms with Gasteiger partial charge in [-0.15, -0.1) is 0 Å². The predicted molar refractivity (Wildman–Crippen MR) is 90.0 cm³/mol. The number of oxazole rings is 1. The quantitative estimate of drug-likeness (QED) is 0.758. The number of amides is 1. The van der Waals surface area contributed by atoms with Crippen LogP contribution in [0.4, 0.5) is 10.1 Å². The van der Waals surface area contributed by atoms with E-state index in [1.807, 2.05) is 30.3 Å². The van der Waals surface area contributed by atoms with Gasteiger partial charge in [0.05, 0.1) is 11.9 Å². The average molecular weight is 324 g/mol. The molecule has 0 saturated heterocycles. The summed E-state index contributed by atoms with van der Waals surface area (Å²) in [5.41, 5.74) is 1.92. The molecule has 0 saturated carbocycles. The fourth-order valence-corrected chi connectivity index (χ4v) is 2.32. The highest BCUT2D eigenvalue weighted by molar-refractivity contribution is 5.90. The number of benzene rings is 2. The SMILES string of the molecule is Cc1ccc(NC(=O)CCc2ncc(-c3ccccc3)o2)c(F)c1. The molecule has 0 fully saturated rings. The molecule has 0 spiro atoms. The molecule has 3 aromatic rings. The number of hydrogen-bond donors (Lipinski definition) is 1. The summed E-state index contributed by atoms with van der Waals surface area (Å²) in [6, 6.07) is 14.3. The van der Waals surface area contributed by atoms with Gasteiger partial charge < -0.3 is 9.73 Å². The van der Waals surface area contributed by atoms with Gasteiger partial charge in [0.2, 0.25) is 5.91 Å². The third kappa shape index (κ3) is 3.87. The topological polar surface area (TPSA) is 55.1 Å². The Morgan fingerprint density at radius 2 is 2.00 bits per heavy atom. The number of carbonyl (C=O) groups excluding carboxylic acids is 1. The summed E-state index contributed by atoms with van der Waals surface area (Å²) in [5, 5.41) is 2.56. The minimum atomic E-state index is -0.439. The summed E-state index contributed by atoms with van der Waals surface area (Å²) in [6.45, 7) is 1.79. The smallest absolute Gasteiger partial charge is 0.224 e. The van der Waals surface area contributed by atoms with Crippen molar-refractivity contribution in [2.45, 2.75) is 19.8 Å². The number of aromatic nitrogens is 1. The first-order valence-electron chi connectivity index (χ1n) is 7.68. The molecular formula is C19H17FN2O2. The molecule has 24 heavy (non-hydrogen) atoms. The molecule has 0 aliphatic rings. The maximum absolute atomic E-state index is 13.7. The van der Waals surface area contributed by atoms with Gasteiger partial charge >= 0.3 is 0 Å². The van der Waals surface area contributed by atoms with Gasteiger partial charge in [0.25, 0.3) is 0 Å². The lowest BCUT2D eigenvalue weighted by Crippen LogP contribution is -2.13. The minimum absolute atomic E-state index is 0.169. The molecule has 1 amide bonds. The molecule has 0 radical (unpaired) electrons. The Balaban J connectivity index is 1.58. The van der Waals surface area contributed by atoms with E-state index in [0.29, 0.717) is 18.1 Å². The van der Waals surface area contributed by atoms with Crippen molar-refractivity contribution in [3.8, 4) is 11.3 Å². The van der Waals surface area contributed by atoms with Crippen LogP contribution < -0.4 is 5.32 Å². The van der Waals surface area contributed by atoms with Crippen molar-refractivity contribution in [2.75, 3.05) is 5.32 Å². The van der Waals surface area contributed by atoms with Gasteiger partial charge in [0.15, 0.2) is 11.7 Å². The maximum atomic E-state index is 13.7. The summed E-state index contributed by atoms with van der Waals surface area (Å²) in [7, 11) is 0. The first kappa shape index (κ1) is 15.9. The number of halogens is 1. The van der Waals surface area contributed by atoms with Crippen LogP contribution in [0.25, 0.3) is 11.3 Å². The Kier molecular flexibility index (Phi) is 4.70. The van der Waals surface area contributed by atoms with Crippen molar-refractivity contribution in [1.82, 2.24) is 4.98 Å². The Bertz CT molecular complexity index is 844. The molecule has 1 N–H and O–H groups in total. The molecule has 1 heterocycles. The lowest BCUT2D eigenvalue weighted by atomic mass is 10.2. The van der Waals surface area contributed by atoms with E-state index in [-0.39, 0.29) is 18.0 Å². The van der Waals surface area contributed by atoms with Gasteiger partial charge in [-0.2, -0.15) is 0 Å². The fourth-order valence-electron chi connectivity index (χ4n) is 2.32. The second-order valence-electron chi connectivity index (χ2n) is 5.52. The van der Waals surface area contributed by atoms with Gasteiger partial charge in [-0.1, -0.05) is 36.4 Å². The second kappa shape index (κ2) is 7.08. The first-order chi connectivity index (χ1) is 11.6. The van der Waals surface area contributed by atoms with Crippen LogP contribution in [0.15, 0.2) is 59.1 Å². The number of aryl methyl sites for hydroxylation is 2. The van der Waals surface area contributed by atoms with Gasteiger partial charge in [0, 0.05) is 18.4 Å². The van der Waals surface area contributed by atoms with Crippen molar-refractivity contribution in [3.63, 3.8) is 0 Å². The van der Waals surface area contributed by atoms with E-state index in [1.54, 1.807) is 25.3 Å². The third-order valence-corrected chi connectivity index (χ3v) is 3.58.